The van der Waals surface area contributed by atoms with E-state index in [4.69, 9.17) is 14.6 Å². The van der Waals surface area contributed by atoms with Crippen LogP contribution in [0.3, 0.4) is 0 Å². The Morgan fingerprint density at radius 1 is 1.05 bits per heavy atom. The lowest BCUT2D eigenvalue weighted by Gasteiger charge is -2.35. The fourth-order valence-electron chi connectivity index (χ4n) is 4.26. The van der Waals surface area contributed by atoms with Crippen molar-refractivity contribution >= 4 is 24.4 Å². The van der Waals surface area contributed by atoms with Gasteiger partial charge in [0.2, 0.25) is 12.3 Å². The Morgan fingerprint density at radius 2 is 1.66 bits per heavy atom. The molecule has 3 amide bonds. The number of nitrogens with zero attached hydrogens (tertiary/aromatic N) is 2. The third-order valence-corrected chi connectivity index (χ3v) is 6.09. The summed E-state index contributed by atoms with van der Waals surface area (Å²) in [4.78, 5) is 50.8. The summed E-state index contributed by atoms with van der Waals surface area (Å²) in [6, 6.07) is 6.91. The zero-order chi connectivity index (χ0) is 29.1. The molecule has 3 rings (SSSR count). The van der Waals surface area contributed by atoms with Gasteiger partial charge in [-0.2, -0.15) is 0 Å². The van der Waals surface area contributed by atoms with Crippen LogP contribution < -0.4 is 5.32 Å². The van der Waals surface area contributed by atoms with E-state index in [1.54, 1.807) is 20.8 Å². The highest BCUT2D eigenvalue weighted by molar-refractivity contribution is 5.90. The second-order valence-corrected chi connectivity index (χ2v) is 11.3. The van der Waals surface area contributed by atoms with Crippen molar-refractivity contribution in [1.29, 1.82) is 0 Å². The number of esters is 1. The number of methoxy groups -OCH3 is 1. The van der Waals surface area contributed by atoms with Gasteiger partial charge < -0.3 is 29.7 Å². The first-order valence-electron chi connectivity index (χ1n) is 12.9. The first-order valence-corrected chi connectivity index (χ1v) is 12.9. The zero-order valence-electron chi connectivity index (χ0n) is 24.1. The largest absolute Gasteiger partial charge is 0.467 e. The van der Waals surface area contributed by atoms with E-state index < -0.39 is 35.2 Å². The Kier molecular flexibility index (Phi) is 12.7. The van der Waals surface area contributed by atoms with Gasteiger partial charge in [0.15, 0.2) is 0 Å². The van der Waals surface area contributed by atoms with Gasteiger partial charge in [0.1, 0.15) is 17.7 Å². The lowest BCUT2D eigenvalue weighted by molar-refractivity contribution is -0.152. The molecule has 2 aliphatic rings. The molecule has 2 aliphatic heterocycles. The second kappa shape index (κ2) is 14.7. The number of fused-ring (bicyclic) bond motifs is 1. The van der Waals surface area contributed by atoms with Crippen LogP contribution in [0.4, 0.5) is 4.79 Å². The summed E-state index contributed by atoms with van der Waals surface area (Å²) < 4.78 is 10.0. The molecule has 2 atom stereocenters. The molecule has 1 saturated heterocycles. The predicted octanol–water partition coefficient (Wildman–Crippen LogP) is 2.90. The van der Waals surface area contributed by atoms with Crippen molar-refractivity contribution in [2.24, 2.45) is 5.41 Å². The molecule has 0 aliphatic carbocycles. The van der Waals surface area contributed by atoms with E-state index in [1.165, 1.54) is 23.1 Å². The van der Waals surface area contributed by atoms with E-state index in [0.29, 0.717) is 13.0 Å². The highest BCUT2D eigenvalue weighted by Crippen LogP contribution is 2.26. The number of ether oxygens (including phenoxy) is 2. The van der Waals surface area contributed by atoms with Crippen LogP contribution in [0.2, 0.25) is 0 Å². The molecule has 0 saturated carbocycles. The lowest BCUT2D eigenvalue weighted by atomic mass is 9.85. The van der Waals surface area contributed by atoms with Crippen molar-refractivity contribution in [3.8, 4) is 0 Å². The average Bonchev–Trinajstić information content (AvgIpc) is 3.36. The first-order chi connectivity index (χ1) is 17.8. The number of aliphatic hydroxyl groups excluding tert-OH is 1. The van der Waals surface area contributed by atoms with Gasteiger partial charge in [0, 0.05) is 26.7 Å². The van der Waals surface area contributed by atoms with Gasteiger partial charge in [0.05, 0.1) is 7.11 Å². The molecule has 1 unspecified atom stereocenters. The summed E-state index contributed by atoms with van der Waals surface area (Å²) in [5, 5.41) is 9.66. The Morgan fingerprint density at radius 3 is 2.18 bits per heavy atom. The molecule has 1 fully saturated rings. The van der Waals surface area contributed by atoms with E-state index in [0.717, 1.165) is 39.5 Å². The number of amides is 3. The van der Waals surface area contributed by atoms with Crippen molar-refractivity contribution in [1.82, 2.24) is 15.1 Å². The van der Waals surface area contributed by atoms with E-state index in [1.807, 2.05) is 31.7 Å². The fraction of sp³-hybridized carbons (Fsp3) is 0.643. The summed E-state index contributed by atoms with van der Waals surface area (Å²) in [6.07, 6.45) is 2.58. The number of rotatable bonds is 4. The molecule has 38 heavy (non-hydrogen) atoms. The number of carbonyl (C=O) groups is 4. The van der Waals surface area contributed by atoms with E-state index in [9.17, 15) is 19.2 Å². The predicted molar refractivity (Wildman–Crippen MR) is 144 cm³/mol. The quantitative estimate of drug-likeness (QED) is 0.449. The molecule has 214 valence electrons. The van der Waals surface area contributed by atoms with Crippen molar-refractivity contribution in [3.05, 3.63) is 35.4 Å². The number of nitrogens with one attached hydrogen (secondary N) is 1. The molecule has 0 aromatic heterocycles. The van der Waals surface area contributed by atoms with Crippen molar-refractivity contribution in [2.75, 3.05) is 27.3 Å². The van der Waals surface area contributed by atoms with Crippen molar-refractivity contribution < 1.29 is 33.8 Å². The minimum absolute atomic E-state index is 0.291. The van der Waals surface area contributed by atoms with Crippen LogP contribution >= 0.6 is 0 Å². The van der Waals surface area contributed by atoms with E-state index in [-0.39, 0.29) is 5.91 Å². The number of alkyl carbamates (subject to hydrolysis) is 1. The smallest absolute Gasteiger partial charge is 0.408 e. The molecule has 2 heterocycles. The zero-order valence-corrected chi connectivity index (χ0v) is 24.1. The van der Waals surface area contributed by atoms with Crippen LogP contribution in [0.5, 0.6) is 0 Å². The average molecular weight is 536 g/mol. The summed E-state index contributed by atoms with van der Waals surface area (Å²) in [6.45, 7) is 13.0. The number of hydrogen-bond acceptors (Lipinski definition) is 7. The highest BCUT2D eigenvalue weighted by Gasteiger charge is 2.42. The number of hydrogen-bond donors (Lipinski definition) is 2. The molecular formula is C28H45N3O7. The van der Waals surface area contributed by atoms with Gasteiger partial charge >= 0.3 is 12.1 Å². The van der Waals surface area contributed by atoms with Gasteiger partial charge in [-0.3, -0.25) is 9.59 Å². The molecule has 1 aromatic rings. The monoisotopic (exact) mass is 535 g/mol. The van der Waals surface area contributed by atoms with Gasteiger partial charge in [-0.05, 0) is 56.6 Å². The molecule has 10 nitrogen and oxygen atoms in total. The van der Waals surface area contributed by atoms with Crippen LogP contribution in [0, 0.1) is 5.41 Å². The van der Waals surface area contributed by atoms with Crippen molar-refractivity contribution in [3.63, 3.8) is 0 Å². The van der Waals surface area contributed by atoms with Gasteiger partial charge in [-0.25, -0.2) is 9.59 Å². The maximum atomic E-state index is 13.0. The molecule has 1 aromatic carbocycles. The normalized spacial score (nSPS) is 17.4. The summed E-state index contributed by atoms with van der Waals surface area (Å²) >= 11 is 0. The van der Waals surface area contributed by atoms with Crippen LogP contribution in [-0.2, 0) is 36.8 Å². The SMILES string of the molecule is CO.COC(=O)C1CCCN1C(=O)[C@@H](NC(=O)OC(C)(C)C)C(C)(C)C.O=CN1CCc2ccccc2C1. The Bertz CT molecular complexity index is 937. The summed E-state index contributed by atoms with van der Waals surface area (Å²) in [5.41, 5.74) is 1.49. The fourth-order valence-corrected chi connectivity index (χ4v) is 4.26. The Balaban J connectivity index is 0.000000426. The van der Waals surface area contributed by atoms with E-state index in [2.05, 4.69) is 23.5 Å². The molecule has 0 bridgehead atoms. The molecule has 0 spiro atoms. The van der Waals surface area contributed by atoms with Crippen LogP contribution in [0.25, 0.3) is 0 Å². The topological polar surface area (TPSA) is 125 Å². The third kappa shape index (κ3) is 9.96. The van der Waals surface area contributed by atoms with Gasteiger partial charge in [-0.1, -0.05) is 45.0 Å². The molecular weight excluding hydrogens is 490 g/mol. The summed E-state index contributed by atoms with van der Waals surface area (Å²) in [7, 11) is 2.31. The first kappa shape index (κ1) is 32.9. The molecule has 2 N–H and O–H groups in total. The molecule has 0 radical (unpaired) electrons. The lowest BCUT2D eigenvalue weighted by Crippen LogP contribution is -2.57. The number of aliphatic hydroxyl groups is 1. The van der Waals surface area contributed by atoms with Crippen LogP contribution in [0.15, 0.2) is 24.3 Å². The number of likely N-dealkylation sites (tertiary alicyclic amines) is 1. The second-order valence-electron chi connectivity index (χ2n) is 11.3. The van der Waals surface area contributed by atoms with Crippen LogP contribution in [0.1, 0.15) is 65.5 Å². The molecule has 10 heteroatoms. The minimum atomic E-state index is -0.794. The Hall–Kier alpha value is -3.14. The Labute approximate surface area is 226 Å². The van der Waals surface area contributed by atoms with E-state index >= 15 is 0 Å². The van der Waals surface area contributed by atoms with Gasteiger partial charge in [0.25, 0.3) is 0 Å². The number of benzene rings is 1. The maximum Gasteiger partial charge on any atom is 0.408 e. The standard InChI is InChI=1S/C17H30N2O5.C10H11NO.CH4O/c1-16(2,3)12(18-15(22)24-17(4,5)6)13(20)19-10-8-9-11(19)14(21)23-7;12-8-11-6-5-9-3-1-2-4-10(9)7-11;1-2/h11-12H,8-10H2,1-7H3,(H,18,22);1-4,8H,5-7H2;2H,1H3/t11?,12-;;/m1../s1. The summed E-state index contributed by atoms with van der Waals surface area (Å²) in [5.74, 6) is -0.716. The van der Waals surface area contributed by atoms with Crippen LogP contribution in [-0.4, -0.2) is 84.3 Å². The highest BCUT2D eigenvalue weighted by atomic mass is 16.6. The maximum absolute atomic E-state index is 13.0. The van der Waals surface area contributed by atoms with Crippen molar-refractivity contribution in [2.45, 2.75) is 85.0 Å². The van der Waals surface area contributed by atoms with Gasteiger partial charge in [-0.15, -0.1) is 0 Å². The minimum Gasteiger partial charge on any atom is -0.467 e. The third-order valence-electron chi connectivity index (χ3n) is 6.09. The number of carbonyl (C=O) groups excluding carboxylic acids is 4.